The zero-order chi connectivity index (χ0) is 10.3. The molecule has 0 aromatic heterocycles. The van der Waals surface area contributed by atoms with Crippen molar-refractivity contribution in [3.05, 3.63) is 36.5 Å². The Morgan fingerprint density at radius 2 is 2.08 bits per heavy atom. The average molecular weight is 179 g/mol. The third-order valence-corrected chi connectivity index (χ3v) is 2.14. The Balaban J connectivity index is 3.93. The van der Waals surface area contributed by atoms with Crippen molar-refractivity contribution in [2.24, 2.45) is 11.7 Å². The number of rotatable bonds is 6. The Morgan fingerprint density at radius 3 is 2.46 bits per heavy atom. The van der Waals surface area contributed by atoms with Gasteiger partial charge >= 0.3 is 0 Å². The van der Waals surface area contributed by atoms with Crippen molar-refractivity contribution in [1.82, 2.24) is 0 Å². The topological polar surface area (TPSA) is 26.0 Å². The van der Waals surface area contributed by atoms with Crippen molar-refractivity contribution in [2.75, 3.05) is 6.54 Å². The SMILES string of the molecule is C=CC(=C)CC/C=C(\CN)C(C)C. The summed E-state index contributed by atoms with van der Waals surface area (Å²) in [6.07, 6.45) is 6.04. The molecule has 0 unspecified atom stereocenters. The van der Waals surface area contributed by atoms with Gasteiger partial charge in [0, 0.05) is 6.54 Å². The van der Waals surface area contributed by atoms with Gasteiger partial charge < -0.3 is 5.73 Å². The second-order valence-electron chi connectivity index (χ2n) is 3.54. The van der Waals surface area contributed by atoms with E-state index in [0.717, 1.165) is 18.4 Å². The van der Waals surface area contributed by atoms with Gasteiger partial charge in [-0.25, -0.2) is 0 Å². The maximum Gasteiger partial charge on any atom is 0.0139 e. The van der Waals surface area contributed by atoms with Crippen LogP contribution >= 0.6 is 0 Å². The van der Waals surface area contributed by atoms with Crippen LogP contribution in [0, 0.1) is 5.92 Å². The number of hydrogen-bond acceptors (Lipinski definition) is 1. The lowest BCUT2D eigenvalue weighted by Gasteiger charge is -2.08. The molecule has 2 N–H and O–H groups in total. The molecule has 0 saturated carbocycles. The summed E-state index contributed by atoms with van der Waals surface area (Å²) in [6, 6.07) is 0. The highest BCUT2D eigenvalue weighted by Gasteiger charge is 1.99. The van der Waals surface area contributed by atoms with Crippen molar-refractivity contribution in [1.29, 1.82) is 0 Å². The van der Waals surface area contributed by atoms with Crippen LogP contribution in [0.1, 0.15) is 26.7 Å². The molecule has 13 heavy (non-hydrogen) atoms. The van der Waals surface area contributed by atoms with E-state index >= 15 is 0 Å². The first-order valence-electron chi connectivity index (χ1n) is 4.81. The van der Waals surface area contributed by atoms with Gasteiger partial charge in [0.2, 0.25) is 0 Å². The molecule has 0 aromatic rings. The minimum Gasteiger partial charge on any atom is -0.327 e. The Hall–Kier alpha value is -0.820. The monoisotopic (exact) mass is 179 g/mol. The van der Waals surface area contributed by atoms with Crippen LogP contribution in [0.4, 0.5) is 0 Å². The predicted molar refractivity (Wildman–Crippen MR) is 60.5 cm³/mol. The maximum atomic E-state index is 5.61. The zero-order valence-corrected chi connectivity index (χ0v) is 8.84. The number of nitrogens with two attached hydrogens (primary N) is 1. The molecule has 0 aliphatic rings. The quantitative estimate of drug-likeness (QED) is 0.492. The highest BCUT2D eigenvalue weighted by Crippen LogP contribution is 2.11. The molecule has 0 aliphatic carbocycles. The van der Waals surface area contributed by atoms with Crippen molar-refractivity contribution >= 4 is 0 Å². The Kier molecular flexibility index (Phi) is 6.25. The molecule has 0 aliphatic heterocycles. The molecule has 0 amide bonds. The molecule has 0 saturated heterocycles. The van der Waals surface area contributed by atoms with E-state index in [9.17, 15) is 0 Å². The van der Waals surface area contributed by atoms with E-state index in [1.165, 1.54) is 5.57 Å². The molecule has 1 heteroatoms. The van der Waals surface area contributed by atoms with E-state index in [1.807, 2.05) is 6.08 Å². The van der Waals surface area contributed by atoms with Crippen molar-refractivity contribution in [3.8, 4) is 0 Å². The van der Waals surface area contributed by atoms with Crippen LogP contribution in [-0.2, 0) is 0 Å². The molecule has 0 atom stereocenters. The van der Waals surface area contributed by atoms with Crippen LogP contribution < -0.4 is 5.73 Å². The van der Waals surface area contributed by atoms with Crippen LogP contribution in [0.3, 0.4) is 0 Å². The van der Waals surface area contributed by atoms with Crippen LogP contribution in [0.2, 0.25) is 0 Å². The minimum absolute atomic E-state index is 0.557. The van der Waals surface area contributed by atoms with E-state index in [1.54, 1.807) is 0 Å². The van der Waals surface area contributed by atoms with Gasteiger partial charge in [0.05, 0.1) is 0 Å². The fraction of sp³-hybridized carbons (Fsp3) is 0.500. The highest BCUT2D eigenvalue weighted by molar-refractivity contribution is 5.13. The molecule has 0 aromatic carbocycles. The van der Waals surface area contributed by atoms with E-state index in [-0.39, 0.29) is 0 Å². The summed E-state index contributed by atoms with van der Waals surface area (Å²) in [5.41, 5.74) is 8.04. The predicted octanol–water partition coefficient (Wildman–Crippen LogP) is 3.05. The van der Waals surface area contributed by atoms with Gasteiger partial charge in [-0.2, -0.15) is 0 Å². The second kappa shape index (κ2) is 6.67. The molecule has 74 valence electrons. The Labute approximate surface area is 82.0 Å². The van der Waals surface area contributed by atoms with Gasteiger partial charge in [-0.1, -0.05) is 50.3 Å². The first kappa shape index (κ1) is 12.2. The first-order chi connectivity index (χ1) is 6.11. The molecule has 0 rings (SSSR count). The standard InChI is InChI=1S/C12H21N/c1-5-11(4)7-6-8-12(9-13)10(2)3/h5,8,10H,1,4,6-7,9,13H2,2-3H3/b12-8+. The largest absolute Gasteiger partial charge is 0.327 e. The van der Waals surface area contributed by atoms with E-state index in [2.05, 4.69) is 33.1 Å². The van der Waals surface area contributed by atoms with E-state index in [4.69, 9.17) is 5.73 Å². The van der Waals surface area contributed by atoms with Crippen LogP contribution in [0.25, 0.3) is 0 Å². The van der Waals surface area contributed by atoms with Crippen molar-refractivity contribution in [2.45, 2.75) is 26.7 Å². The third kappa shape index (κ3) is 5.42. The number of hydrogen-bond donors (Lipinski definition) is 1. The maximum absolute atomic E-state index is 5.61. The lowest BCUT2D eigenvalue weighted by molar-refractivity contribution is 0.736. The van der Waals surface area contributed by atoms with Gasteiger partial charge in [0.15, 0.2) is 0 Å². The smallest absolute Gasteiger partial charge is 0.0139 e. The highest BCUT2D eigenvalue weighted by atomic mass is 14.5. The summed E-state index contributed by atoms with van der Waals surface area (Å²) in [7, 11) is 0. The Morgan fingerprint density at radius 1 is 1.46 bits per heavy atom. The lowest BCUT2D eigenvalue weighted by atomic mass is 10.0. The van der Waals surface area contributed by atoms with E-state index < -0.39 is 0 Å². The average Bonchev–Trinajstić information content (AvgIpc) is 2.11. The summed E-state index contributed by atoms with van der Waals surface area (Å²) in [5, 5.41) is 0. The zero-order valence-electron chi connectivity index (χ0n) is 8.84. The molecule has 0 fully saturated rings. The normalized spacial score (nSPS) is 11.8. The van der Waals surface area contributed by atoms with Crippen molar-refractivity contribution < 1.29 is 0 Å². The van der Waals surface area contributed by atoms with Crippen LogP contribution in [0.15, 0.2) is 36.5 Å². The summed E-state index contributed by atoms with van der Waals surface area (Å²) < 4.78 is 0. The Bertz CT molecular complexity index is 199. The van der Waals surface area contributed by atoms with Crippen molar-refractivity contribution in [3.63, 3.8) is 0 Å². The van der Waals surface area contributed by atoms with Crippen LogP contribution in [-0.4, -0.2) is 6.54 Å². The summed E-state index contributed by atoms with van der Waals surface area (Å²) >= 11 is 0. The summed E-state index contributed by atoms with van der Waals surface area (Å²) in [4.78, 5) is 0. The summed E-state index contributed by atoms with van der Waals surface area (Å²) in [5.74, 6) is 0.557. The first-order valence-corrected chi connectivity index (χ1v) is 4.81. The second-order valence-corrected chi connectivity index (χ2v) is 3.54. The molecular weight excluding hydrogens is 158 g/mol. The lowest BCUT2D eigenvalue weighted by Crippen LogP contribution is -2.08. The molecule has 0 radical (unpaired) electrons. The third-order valence-electron chi connectivity index (χ3n) is 2.14. The van der Waals surface area contributed by atoms with Gasteiger partial charge in [-0.05, 0) is 18.8 Å². The van der Waals surface area contributed by atoms with E-state index in [0.29, 0.717) is 12.5 Å². The molecule has 1 nitrogen and oxygen atoms in total. The molecule has 0 spiro atoms. The summed E-state index contributed by atoms with van der Waals surface area (Å²) in [6.45, 7) is 12.5. The molecule has 0 heterocycles. The fourth-order valence-corrected chi connectivity index (χ4v) is 1.10. The fourth-order valence-electron chi connectivity index (χ4n) is 1.10. The number of allylic oxidation sites excluding steroid dienone is 3. The molecular formula is C12H21N. The van der Waals surface area contributed by atoms with Crippen LogP contribution in [0.5, 0.6) is 0 Å². The van der Waals surface area contributed by atoms with Gasteiger partial charge in [0.1, 0.15) is 0 Å². The van der Waals surface area contributed by atoms with Gasteiger partial charge in [-0.15, -0.1) is 0 Å². The van der Waals surface area contributed by atoms with Gasteiger partial charge in [0.25, 0.3) is 0 Å². The molecule has 0 bridgehead atoms. The van der Waals surface area contributed by atoms with Gasteiger partial charge in [-0.3, -0.25) is 0 Å². The minimum atomic E-state index is 0.557.